The minimum absolute atomic E-state index is 0.126. The third kappa shape index (κ3) is 1.88. The number of halogens is 2. The fourth-order valence-corrected chi connectivity index (χ4v) is 0.928. The first-order valence-corrected chi connectivity index (χ1v) is 3.64. The third-order valence-corrected chi connectivity index (χ3v) is 1.48. The smallest absolute Gasteiger partial charge is 0.204 e. The number of rotatable bonds is 3. The molecule has 0 fully saturated rings. The summed E-state index contributed by atoms with van der Waals surface area (Å²) in [6.07, 6.45) is 0. The van der Waals surface area contributed by atoms with E-state index < -0.39 is 11.6 Å². The standard InChI is InChI=1S/C9H9F2O2/c1-3-13-7-5-4-6(10)8(11)9(7)12-2/h4-5H,1,3H2,2H3. The van der Waals surface area contributed by atoms with Gasteiger partial charge < -0.3 is 9.47 Å². The Bertz CT molecular complexity index is 300. The normalized spacial score (nSPS) is 9.85. The Hall–Kier alpha value is -1.32. The molecule has 2 nitrogen and oxygen atoms in total. The number of hydrogen-bond acceptors (Lipinski definition) is 2. The lowest BCUT2D eigenvalue weighted by molar-refractivity contribution is 0.307. The Kier molecular flexibility index (Phi) is 3.06. The van der Waals surface area contributed by atoms with Crippen LogP contribution in [0.2, 0.25) is 0 Å². The van der Waals surface area contributed by atoms with Gasteiger partial charge in [0.25, 0.3) is 0 Å². The molecule has 1 radical (unpaired) electrons. The van der Waals surface area contributed by atoms with Gasteiger partial charge in [-0.25, -0.2) is 4.39 Å². The van der Waals surface area contributed by atoms with Crippen LogP contribution in [-0.2, 0) is 0 Å². The highest BCUT2D eigenvalue weighted by atomic mass is 19.2. The van der Waals surface area contributed by atoms with Crippen LogP contribution in [-0.4, -0.2) is 13.7 Å². The topological polar surface area (TPSA) is 18.5 Å². The van der Waals surface area contributed by atoms with Crippen molar-refractivity contribution in [3.63, 3.8) is 0 Å². The van der Waals surface area contributed by atoms with Crippen molar-refractivity contribution in [2.75, 3.05) is 13.7 Å². The minimum Gasteiger partial charge on any atom is -0.490 e. The molecule has 0 amide bonds. The number of ether oxygens (including phenoxy) is 2. The molecular formula is C9H9F2O2. The van der Waals surface area contributed by atoms with Crippen LogP contribution >= 0.6 is 0 Å². The first kappa shape index (κ1) is 9.77. The van der Waals surface area contributed by atoms with E-state index in [-0.39, 0.29) is 18.1 Å². The van der Waals surface area contributed by atoms with Crippen molar-refractivity contribution >= 4 is 0 Å². The average Bonchev–Trinajstić information content (AvgIpc) is 2.12. The second-order valence-corrected chi connectivity index (χ2v) is 2.24. The molecule has 4 heteroatoms. The van der Waals surface area contributed by atoms with Gasteiger partial charge in [-0.15, -0.1) is 0 Å². The molecule has 0 saturated heterocycles. The lowest BCUT2D eigenvalue weighted by Crippen LogP contribution is -1.99. The molecule has 1 aromatic carbocycles. The molecule has 0 aliphatic rings. The van der Waals surface area contributed by atoms with E-state index in [4.69, 9.17) is 4.74 Å². The number of methoxy groups -OCH3 is 1. The Balaban J connectivity index is 3.13. The summed E-state index contributed by atoms with van der Waals surface area (Å²) in [6, 6.07) is 2.27. The zero-order valence-electron chi connectivity index (χ0n) is 7.14. The molecule has 0 aromatic heterocycles. The molecule has 71 valence electrons. The molecule has 0 bridgehead atoms. The maximum absolute atomic E-state index is 13.0. The van der Waals surface area contributed by atoms with E-state index >= 15 is 0 Å². The van der Waals surface area contributed by atoms with Gasteiger partial charge in [-0.05, 0) is 19.1 Å². The number of hydrogen-bond donors (Lipinski definition) is 0. The van der Waals surface area contributed by atoms with Gasteiger partial charge in [0.05, 0.1) is 13.7 Å². The highest BCUT2D eigenvalue weighted by Gasteiger charge is 2.14. The van der Waals surface area contributed by atoms with Gasteiger partial charge in [0.1, 0.15) is 0 Å². The molecule has 0 saturated carbocycles. The van der Waals surface area contributed by atoms with Gasteiger partial charge in [-0.3, -0.25) is 0 Å². The lowest BCUT2D eigenvalue weighted by Gasteiger charge is -2.09. The van der Waals surface area contributed by atoms with E-state index in [9.17, 15) is 8.78 Å². The summed E-state index contributed by atoms with van der Waals surface area (Å²) in [5.41, 5.74) is 0. The molecule has 0 aliphatic carbocycles. The van der Waals surface area contributed by atoms with Crippen LogP contribution in [0, 0.1) is 18.6 Å². The molecule has 1 aromatic rings. The van der Waals surface area contributed by atoms with Gasteiger partial charge in [0, 0.05) is 0 Å². The summed E-state index contributed by atoms with van der Waals surface area (Å²) in [5, 5.41) is 0. The Labute approximate surface area is 75.1 Å². The Morgan fingerprint density at radius 1 is 1.38 bits per heavy atom. The highest BCUT2D eigenvalue weighted by molar-refractivity contribution is 5.41. The summed E-state index contributed by atoms with van der Waals surface area (Å²) in [7, 11) is 1.24. The molecule has 0 aliphatic heterocycles. The van der Waals surface area contributed by atoms with E-state index in [2.05, 4.69) is 11.7 Å². The predicted octanol–water partition coefficient (Wildman–Crippen LogP) is 2.19. The van der Waals surface area contributed by atoms with E-state index in [0.717, 1.165) is 6.07 Å². The summed E-state index contributed by atoms with van der Waals surface area (Å²) in [5.74, 6) is -2.10. The molecule has 0 atom stereocenters. The molecule has 0 heterocycles. The van der Waals surface area contributed by atoms with Gasteiger partial charge in [0.2, 0.25) is 5.82 Å². The zero-order chi connectivity index (χ0) is 9.84. The van der Waals surface area contributed by atoms with Gasteiger partial charge in [0.15, 0.2) is 17.3 Å². The first-order chi connectivity index (χ1) is 6.20. The van der Waals surface area contributed by atoms with E-state index in [0.29, 0.717) is 0 Å². The minimum atomic E-state index is -1.05. The average molecular weight is 187 g/mol. The fourth-order valence-electron chi connectivity index (χ4n) is 0.928. The van der Waals surface area contributed by atoms with Gasteiger partial charge >= 0.3 is 0 Å². The molecule has 13 heavy (non-hydrogen) atoms. The van der Waals surface area contributed by atoms with E-state index in [1.54, 1.807) is 0 Å². The predicted molar refractivity (Wildman–Crippen MR) is 43.8 cm³/mol. The molecule has 0 spiro atoms. The Morgan fingerprint density at radius 3 is 2.62 bits per heavy atom. The van der Waals surface area contributed by atoms with Crippen molar-refractivity contribution in [3.8, 4) is 11.5 Å². The van der Waals surface area contributed by atoms with Crippen molar-refractivity contribution < 1.29 is 18.3 Å². The van der Waals surface area contributed by atoms with Gasteiger partial charge in [-0.1, -0.05) is 0 Å². The second kappa shape index (κ2) is 4.07. The first-order valence-electron chi connectivity index (χ1n) is 3.64. The monoisotopic (exact) mass is 187 g/mol. The largest absolute Gasteiger partial charge is 0.490 e. The summed E-state index contributed by atoms with van der Waals surface area (Å²) in [6.45, 7) is 3.54. The SMILES string of the molecule is [CH2]COc1ccc(F)c(F)c1OC. The second-order valence-electron chi connectivity index (χ2n) is 2.24. The van der Waals surface area contributed by atoms with Crippen LogP contribution in [0.3, 0.4) is 0 Å². The quantitative estimate of drug-likeness (QED) is 0.722. The maximum Gasteiger partial charge on any atom is 0.204 e. The highest BCUT2D eigenvalue weighted by Crippen LogP contribution is 2.31. The number of benzene rings is 1. The van der Waals surface area contributed by atoms with E-state index in [1.165, 1.54) is 13.2 Å². The maximum atomic E-state index is 13.0. The van der Waals surface area contributed by atoms with Crippen molar-refractivity contribution in [3.05, 3.63) is 30.7 Å². The third-order valence-electron chi connectivity index (χ3n) is 1.48. The van der Waals surface area contributed by atoms with Crippen LogP contribution in [0.1, 0.15) is 0 Å². The van der Waals surface area contributed by atoms with Crippen LogP contribution in [0.5, 0.6) is 11.5 Å². The summed E-state index contributed by atoms with van der Waals surface area (Å²) >= 11 is 0. The zero-order valence-corrected chi connectivity index (χ0v) is 7.14. The van der Waals surface area contributed by atoms with E-state index in [1.807, 2.05) is 0 Å². The molecule has 0 unspecified atom stereocenters. The molecule has 1 rings (SSSR count). The van der Waals surface area contributed by atoms with Crippen molar-refractivity contribution in [1.29, 1.82) is 0 Å². The van der Waals surface area contributed by atoms with Crippen molar-refractivity contribution in [1.82, 2.24) is 0 Å². The van der Waals surface area contributed by atoms with Crippen LogP contribution in [0.25, 0.3) is 0 Å². The van der Waals surface area contributed by atoms with Crippen LogP contribution in [0.15, 0.2) is 12.1 Å². The summed E-state index contributed by atoms with van der Waals surface area (Å²) in [4.78, 5) is 0. The van der Waals surface area contributed by atoms with Crippen molar-refractivity contribution in [2.24, 2.45) is 0 Å². The molecule has 0 N–H and O–H groups in total. The fraction of sp³-hybridized carbons (Fsp3) is 0.222. The van der Waals surface area contributed by atoms with Crippen LogP contribution in [0.4, 0.5) is 8.78 Å². The summed E-state index contributed by atoms with van der Waals surface area (Å²) < 4.78 is 35.2. The Morgan fingerprint density at radius 2 is 2.08 bits per heavy atom. The van der Waals surface area contributed by atoms with Crippen LogP contribution < -0.4 is 9.47 Å². The van der Waals surface area contributed by atoms with Gasteiger partial charge in [-0.2, -0.15) is 4.39 Å². The van der Waals surface area contributed by atoms with Crippen molar-refractivity contribution in [2.45, 2.75) is 0 Å². The lowest BCUT2D eigenvalue weighted by atomic mass is 10.3. The molecular weight excluding hydrogens is 178 g/mol.